The number of aromatic nitrogens is 6. The van der Waals surface area contributed by atoms with Crippen LogP contribution in [-0.4, -0.2) is 29.5 Å². The number of fused-ring (bicyclic) bond motifs is 24. The number of aryl methyl sites for hydroxylation is 1. The second-order valence-corrected chi connectivity index (χ2v) is 33.6. The van der Waals surface area contributed by atoms with Crippen LogP contribution in [-0.2, 0) is 17.3 Å². The first kappa shape index (κ1) is 69.5. The highest BCUT2D eigenvalue weighted by molar-refractivity contribution is 7.26. The molecule has 8 nitrogen and oxygen atoms in total. The predicted molar refractivity (Wildman–Crippen MR) is 488 cm³/mol. The number of thiophene rings is 1. The van der Waals surface area contributed by atoms with Crippen molar-refractivity contribution in [3.05, 3.63) is 429 Å². The standard InChI is InChI=1S/C111H74N6O2S/c1-64-56-57-87-97(58-64)118-95-52-23-19-45-85(95)110(87)83-43-17-12-37-77(83)103-82(42-28-47-88(103)110)109-115-106(71-32-10-7-11-33-71)114-107(116-109)73-60-69(61-74(62-73)117-93-50-21-14-35-75(93)76-36-15-22-51-94(76)117)59-72-34-26-49-90-105(72)119-96-53-24-20-46-86(96)111(90)84-44-18-13-38-78(84)102-81(41-27-48-89(102)111)108-112-91(70-30-8-6-9-31-70)63-92(113-108)101-67(4)65(2)100(66(3)68(101)5)80-40-29-55-99-104(80)79-39-16-25-54-98(79)120-99/h6-58,60-63H,59H2,1-5H3. The second kappa shape index (κ2) is 26.6. The third-order valence-electron chi connectivity index (χ3n) is 26.2. The summed E-state index contributed by atoms with van der Waals surface area (Å²) in [5.41, 5.74) is 33.1. The molecular formula is C111H74N6O2S. The number of rotatable bonds is 10. The third kappa shape index (κ3) is 10.1. The van der Waals surface area contributed by atoms with Crippen molar-refractivity contribution in [2.45, 2.75) is 51.9 Å². The van der Waals surface area contributed by atoms with E-state index in [4.69, 9.17) is 34.4 Å². The summed E-state index contributed by atoms with van der Waals surface area (Å²) in [7, 11) is 0. The third-order valence-corrected chi connectivity index (χ3v) is 27.3. The lowest BCUT2D eigenvalue weighted by molar-refractivity contribution is 0.431. The fourth-order valence-corrected chi connectivity index (χ4v) is 22.1. The first-order valence-electron chi connectivity index (χ1n) is 41.2. The number of nitrogens with zero attached hydrogens (tertiary/aromatic N) is 6. The maximum absolute atomic E-state index is 7.60. The van der Waals surface area contributed by atoms with Crippen molar-refractivity contribution in [2.24, 2.45) is 0 Å². The highest BCUT2D eigenvalue weighted by Gasteiger charge is 2.54. The van der Waals surface area contributed by atoms with Gasteiger partial charge in [-0.2, -0.15) is 0 Å². The summed E-state index contributed by atoms with van der Waals surface area (Å²) in [6, 6.07) is 125. The lowest BCUT2D eigenvalue weighted by atomic mass is 9.65. The van der Waals surface area contributed by atoms with E-state index in [1.54, 1.807) is 0 Å². The van der Waals surface area contributed by atoms with Crippen molar-refractivity contribution in [3.63, 3.8) is 0 Å². The highest BCUT2D eigenvalue weighted by Crippen LogP contribution is 2.66. The van der Waals surface area contributed by atoms with E-state index in [0.29, 0.717) is 29.7 Å². The van der Waals surface area contributed by atoms with Gasteiger partial charge in [0.1, 0.15) is 23.0 Å². The Bertz CT molecular complexity index is 7710. The number of benzene rings is 16. The topological polar surface area (TPSA) is 87.8 Å². The Kier molecular flexibility index (Phi) is 15.4. The smallest absolute Gasteiger partial charge is 0.164 e. The van der Waals surface area contributed by atoms with Crippen molar-refractivity contribution >= 4 is 53.3 Å². The molecule has 16 aromatic carbocycles. The molecule has 0 bridgehead atoms. The van der Waals surface area contributed by atoms with Crippen LogP contribution in [0, 0.1) is 34.6 Å². The highest BCUT2D eigenvalue weighted by atomic mass is 32.1. The van der Waals surface area contributed by atoms with Crippen LogP contribution < -0.4 is 9.47 Å². The van der Waals surface area contributed by atoms with Crippen LogP contribution in [0.25, 0.3) is 149 Å². The van der Waals surface area contributed by atoms with Gasteiger partial charge in [-0.25, -0.2) is 24.9 Å². The number of hydrogen-bond acceptors (Lipinski definition) is 8. The van der Waals surface area contributed by atoms with E-state index in [1.165, 1.54) is 75.5 Å². The lowest BCUT2D eigenvalue weighted by Crippen LogP contribution is -2.32. The maximum atomic E-state index is 7.60. The minimum Gasteiger partial charge on any atom is -0.457 e. The van der Waals surface area contributed by atoms with Crippen LogP contribution >= 0.6 is 11.3 Å². The Hall–Kier alpha value is -14.8. The summed E-state index contributed by atoms with van der Waals surface area (Å²) >= 11 is 1.86. The van der Waals surface area contributed by atoms with E-state index in [-0.39, 0.29) is 0 Å². The first-order valence-corrected chi connectivity index (χ1v) is 42.0. The van der Waals surface area contributed by atoms with E-state index < -0.39 is 10.8 Å². The monoisotopic (exact) mass is 1550 g/mol. The normalized spacial score (nSPS) is 14.9. The van der Waals surface area contributed by atoms with Crippen LogP contribution in [0.4, 0.5) is 0 Å². The minimum absolute atomic E-state index is 0.483. The molecule has 0 fully saturated rings. The quantitative estimate of drug-likeness (QED) is 0.135. The predicted octanol–water partition coefficient (Wildman–Crippen LogP) is 27.9. The molecule has 9 heteroatoms. The molecule has 20 aromatic rings. The molecule has 0 saturated heterocycles. The molecule has 0 radical (unpaired) electrons. The summed E-state index contributed by atoms with van der Waals surface area (Å²) in [6.07, 6.45) is 0.483. The maximum Gasteiger partial charge on any atom is 0.164 e. The molecule has 2 aliphatic carbocycles. The molecule has 4 aromatic heterocycles. The van der Waals surface area contributed by atoms with E-state index in [9.17, 15) is 0 Å². The van der Waals surface area contributed by atoms with E-state index in [1.807, 2.05) is 17.4 Å². The van der Waals surface area contributed by atoms with Gasteiger partial charge in [0.15, 0.2) is 23.3 Å². The summed E-state index contributed by atoms with van der Waals surface area (Å²) < 4.78 is 19.5. The van der Waals surface area contributed by atoms with Gasteiger partial charge in [0.05, 0.1) is 33.3 Å². The fourth-order valence-electron chi connectivity index (χ4n) is 20.9. The fraction of sp³-hybridized carbons (Fsp3) is 0.0721. The van der Waals surface area contributed by atoms with Crippen molar-refractivity contribution < 1.29 is 9.47 Å². The van der Waals surface area contributed by atoms with E-state index in [0.717, 1.165) is 157 Å². The van der Waals surface area contributed by atoms with Gasteiger partial charge in [0.2, 0.25) is 0 Å². The molecule has 2 atom stereocenters. The first-order chi connectivity index (χ1) is 59.1. The number of para-hydroxylation sites is 5. The molecule has 2 spiro atoms. The summed E-state index contributed by atoms with van der Waals surface area (Å²) in [5, 5.41) is 4.94. The Morgan fingerprint density at radius 2 is 0.775 bits per heavy atom. The summed E-state index contributed by atoms with van der Waals surface area (Å²) in [6.45, 7) is 11.3. The van der Waals surface area contributed by atoms with Crippen LogP contribution in [0.5, 0.6) is 23.0 Å². The van der Waals surface area contributed by atoms with E-state index >= 15 is 0 Å². The van der Waals surface area contributed by atoms with Crippen LogP contribution in [0.15, 0.2) is 346 Å². The second-order valence-electron chi connectivity index (χ2n) is 32.5. The van der Waals surface area contributed by atoms with Gasteiger partial charge in [0.25, 0.3) is 0 Å². The Morgan fingerprint density at radius 3 is 1.45 bits per heavy atom. The van der Waals surface area contributed by atoms with Gasteiger partial charge >= 0.3 is 0 Å². The Balaban J connectivity index is 0.690. The number of hydrogen-bond donors (Lipinski definition) is 0. The molecule has 2 aliphatic heterocycles. The van der Waals surface area contributed by atoms with Crippen LogP contribution in [0.1, 0.15) is 83.5 Å². The van der Waals surface area contributed by atoms with Crippen LogP contribution in [0.3, 0.4) is 0 Å². The van der Waals surface area contributed by atoms with Crippen molar-refractivity contribution in [3.8, 4) is 130 Å². The van der Waals surface area contributed by atoms with Gasteiger partial charge in [0, 0.05) is 98.7 Å². The molecule has 24 rings (SSSR count). The Labute approximate surface area is 698 Å². The molecule has 0 amide bonds. The van der Waals surface area contributed by atoms with E-state index in [2.05, 4.69) is 379 Å². The molecule has 566 valence electrons. The van der Waals surface area contributed by atoms with Gasteiger partial charge in [-0.1, -0.05) is 279 Å². The van der Waals surface area contributed by atoms with Gasteiger partial charge in [-0.15, -0.1) is 11.3 Å². The molecule has 120 heavy (non-hydrogen) atoms. The van der Waals surface area contributed by atoms with Gasteiger partial charge in [-0.3, -0.25) is 0 Å². The molecule has 6 heterocycles. The van der Waals surface area contributed by atoms with Crippen molar-refractivity contribution in [1.29, 1.82) is 0 Å². The molecule has 4 aliphatic rings. The Morgan fingerprint density at radius 1 is 0.300 bits per heavy atom. The number of ether oxygens (including phenoxy) is 2. The summed E-state index contributed by atoms with van der Waals surface area (Å²) in [5.74, 6) is 5.64. The average molecular weight is 1560 g/mol. The van der Waals surface area contributed by atoms with Gasteiger partial charge < -0.3 is 14.0 Å². The zero-order chi connectivity index (χ0) is 79.8. The summed E-state index contributed by atoms with van der Waals surface area (Å²) in [4.78, 5) is 28.5. The molecule has 0 saturated carbocycles. The lowest BCUT2D eigenvalue weighted by Gasteiger charge is -2.40. The van der Waals surface area contributed by atoms with Crippen molar-refractivity contribution in [1.82, 2.24) is 29.5 Å². The zero-order valence-electron chi connectivity index (χ0n) is 66.5. The minimum atomic E-state index is -0.852. The van der Waals surface area contributed by atoms with Crippen molar-refractivity contribution in [2.75, 3.05) is 0 Å². The average Bonchev–Trinajstić information content (AvgIpc) is 1.49. The van der Waals surface area contributed by atoms with Gasteiger partial charge in [-0.05, 0) is 196 Å². The molecular weight excluding hydrogens is 1480 g/mol. The molecule has 2 unspecified atom stereocenters. The molecule has 0 N–H and O–H groups in total. The SMILES string of the molecule is Cc1ccc2c(c1)Oc1ccccc1C21c2ccccc2-c2c(-c3nc(-c4ccccc4)nc(-c4cc(Cc5cccc6c5Oc5ccccc5C65c6ccccc6-c6c(-c7nc(-c8ccccc8)cc(-c8c(C)c(C)c(-c9cccc%10sc%11ccccc%11c9%10)c(C)c8C)n7)cccc65)cc(-n5c6ccccc6c6ccccc65)c4)n3)cccc21. The largest absolute Gasteiger partial charge is 0.457 e. The zero-order valence-corrected chi connectivity index (χ0v) is 67.3. The van der Waals surface area contributed by atoms with Crippen LogP contribution in [0.2, 0.25) is 0 Å².